The Bertz CT molecular complexity index is 673. The molecule has 7 nitrogen and oxygen atoms in total. The maximum Gasteiger partial charge on any atom is 0.339 e. The number of nitrogens with zero attached hydrogens (tertiary/aromatic N) is 2. The maximum atomic E-state index is 11.9. The molecule has 0 saturated carbocycles. The molecule has 8 heteroatoms. The Morgan fingerprint density at radius 3 is 2.59 bits per heavy atom. The zero-order chi connectivity index (χ0) is 16.1. The normalized spacial score (nSPS) is 11.5. The number of halogens is 1. The quantitative estimate of drug-likeness (QED) is 0.523. The van der Waals surface area contributed by atoms with Crippen LogP contribution in [0.5, 0.6) is 0 Å². The summed E-state index contributed by atoms with van der Waals surface area (Å²) in [6.07, 6.45) is 2.69. The fourth-order valence-electron chi connectivity index (χ4n) is 1.51. The number of hydrogen-bond acceptors (Lipinski definition) is 5. The Balaban J connectivity index is 1.94. The minimum absolute atomic E-state index is 0.177. The van der Waals surface area contributed by atoms with Crippen LogP contribution in [0.3, 0.4) is 0 Å². The number of carbonyl (C=O) groups is 2. The van der Waals surface area contributed by atoms with Crippen molar-refractivity contribution in [2.75, 3.05) is 5.32 Å². The molecule has 0 radical (unpaired) electrons. The summed E-state index contributed by atoms with van der Waals surface area (Å²) in [5.74, 6) is -0.935. The molecule has 2 aromatic rings. The van der Waals surface area contributed by atoms with E-state index >= 15 is 0 Å². The number of pyridine rings is 2. The lowest BCUT2D eigenvalue weighted by Crippen LogP contribution is -2.31. The highest BCUT2D eigenvalue weighted by Crippen LogP contribution is 2.10. The Morgan fingerprint density at radius 2 is 2.00 bits per heavy atom. The van der Waals surface area contributed by atoms with E-state index in [1.165, 1.54) is 43.7 Å². The van der Waals surface area contributed by atoms with Gasteiger partial charge in [0, 0.05) is 18.3 Å². The highest BCUT2D eigenvalue weighted by Gasteiger charge is 2.19. The molecule has 0 aliphatic heterocycles. The van der Waals surface area contributed by atoms with Crippen molar-refractivity contribution in [1.29, 1.82) is 0 Å². The smallest absolute Gasteiger partial charge is 0.339 e. The molecule has 0 saturated heterocycles. The first-order valence-electron chi connectivity index (χ1n) is 6.28. The fraction of sp³-hybridized carbons (Fsp3) is 0.143. The van der Waals surface area contributed by atoms with Crippen molar-refractivity contribution in [2.45, 2.75) is 13.0 Å². The lowest BCUT2D eigenvalue weighted by molar-refractivity contribution is -0.605. The molecule has 22 heavy (non-hydrogen) atoms. The Hall–Kier alpha value is -2.67. The van der Waals surface area contributed by atoms with Crippen molar-refractivity contribution >= 4 is 29.3 Å². The molecule has 0 aliphatic carbocycles. The average Bonchev–Trinajstić information content (AvgIpc) is 2.50. The van der Waals surface area contributed by atoms with E-state index in [0.29, 0.717) is 15.6 Å². The summed E-state index contributed by atoms with van der Waals surface area (Å²) in [6.45, 7) is 1.43. The number of ether oxygens (including phenoxy) is 1. The van der Waals surface area contributed by atoms with Gasteiger partial charge in [-0.2, -0.15) is 4.73 Å². The van der Waals surface area contributed by atoms with E-state index in [2.05, 4.69) is 10.3 Å². The van der Waals surface area contributed by atoms with Gasteiger partial charge >= 0.3 is 5.97 Å². The van der Waals surface area contributed by atoms with Crippen LogP contribution in [0.25, 0.3) is 0 Å². The summed E-state index contributed by atoms with van der Waals surface area (Å²) in [5, 5.41) is 13.8. The third-order valence-corrected chi connectivity index (χ3v) is 2.89. The van der Waals surface area contributed by atoms with Gasteiger partial charge in [-0.1, -0.05) is 11.6 Å². The van der Waals surface area contributed by atoms with Gasteiger partial charge in [0.15, 0.2) is 18.5 Å². The molecule has 0 fully saturated rings. The number of nitrogens with one attached hydrogen (secondary N) is 1. The van der Waals surface area contributed by atoms with Crippen LogP contribution in [-0.4, -0.2) is 23.0 Å². The molecule has 114 valence electrons. The number of rotatable bonds is 4. The Morgan fingerprint density at radius 1 is 1.32 bits per heavy atom. The highest BCUT2D eigenvalue weighted by atomic mass is 35.5. The second kappa shape index (κ2) is 6.86. The summed E-state index contributed by atoms with van der Waals surface area (Å²) in [5.41, 5.74) is 0.177. The number of aromatic nitrogens is 2. The summed E-state index contributed by atoms with van der Waals surface area (Å²) < 4.78 is 5.56. The number of esters is 1. The van der Waals surface area contributed by atoms with Crippen molar-refractivity contribution in [3.05, 3.63) is 58.6 Å². The Labute approximate surface area is 131 Å². The molecule has 1 amide bonds. The number of carbonyl (C=O) groups excluding carboxylic acids is 2. The van der Waals surface area contributed by atoms with Crippen LogP contribution in [-0.2, 0) is 9.53 Å². The second-order valence-electron chi connectivity index (χ2n) is 4.35. The van der Waals surface area contributed by atoms with E-state index < -0.39 is 18.0 Å². The predicted octanol–water partition coefficient (Wildman–Crippen LogP) is 1.55. The monoisotopic (exact) mass is 321 g/mol. The lowest BCUT2D eigenvalue weighted by atomic mass is 10.2. The first-order valence-corrected chi connectivity index (χ1v) is 6.66. The summed E-state index contributed by atoms with van der Waals surface area (Å²) >= 11 is 5.69. The van der Waals surface area contributed by atoms with Gasteiger partial charge in [-0.15, -0.1) is 0 Å². The standard InChI is InChI=1S/C14H12ClN3O4/c1-9(13(19)17-12-3-2-11(15)8-16-12)22-14(20)10-4-6-18(21)7-5-10/h2-9H,1H3,(H,16,17,19)/t9-/m1/s1. The zero-order valence-electron chi connectivity index (χ0n) is 11.5. The maximum absolute atomic E-state index is 11.9. The molecule has 0 unspecified atom stereocenters. The molecule has 2 rings (SSSR count). The molecule has 2 heterocycles. The molecular formula is C14H12ClN3O4. The second-order valence-corrected chi connectivity index (χ2v) is 4.78. The van der Waals surface area contributed by atoms with Gasteiger partial charge in [0.1, 0.15) is 5.82 Å². The van der Waals surface area contributed by atoms with Crippen molar-refractivity contribution in [1.82, 2.24) is 4.98 Å². The minimum atomic E-state index is -1.02. The van der Waals surface area contributed by atoms with E-state index in [9.17, 15) is 14.8 Å². The van der Waals surface area contributed by atoms with Crippen LogP contribution in [0.1, 0.15) is 17.3 Å². The van der Waals surface area contributed by atoms with E-state index in [1.807, 2.05) is 0 Å². The molecular weight excluding hydrogens is 310 g/mol. The molecule has 0 aromatic carbocycles. The molecule has 1 atom stereocenters. The van der Waals surface area contributed by atoms with Gasteiger partial charge < -0.3 is 15.3 Å². The SMILES string of the molecule is C[C@@H](OC(=O)c1cc[n+]([O-])cc1)C(=O)Nc1ccc(Cl)cn1. The van der Waals surface area contributed by atoms with Crippen molar-refractivity contribution in [3.8, 4) is 0 Å². The lowest BCUT2D eigenvalue weighted by Gasteiger charge is -2.13. The summed E-state index contributed by atoms with van der Waals surface area (Å²) in [7, 11) is 0. The largest absolute Gasteiger partial charge is 0.619 e. The van der Waals surface area contributed by atoms with Crippen LogP contribution < -0.4 is 10.0 Å². The van der Waals surface area contributed by atoms with Gasteiger partial charge in [0.05, 0.1) is 10.6 Å². The van der Waals surface area contributed by atoms with Crippen LogP contribution in [0, 0.1) is 5.21 Å². The summed E-state index contributed by atoms with van der Waals surface area (Å²) in [4.78, 5) is 27.6. The molecule has 2 aromatic heterocycles. The van der Waals surface area contributed by atoms with Crippen molar-refractivity contribution in [3.63, 3.8) is 0 Å². The average molecular weight is 322 g/mol. The van der Waals surface area contributed by atoms with E-state index in [4.69, 9.17) is 16.3 Å². The number of amides is 1. The number of hydrogen-bond donors (Lipinski definition) is 1. The first-order chi connectivity index (χ1) is 10.5. The zero-order valence-corrected chi connectivity index (χ0v) is 12.3. The molecule has 0 spiro atoms. The Kier molecular flexibility index (Phi) is 4.90. The van der Waals surface area contributed by atoms with Gasteiger partial charge in [-0.3, -0.25) is 4.79 Å². The molecule has 0 bridgehead atoms. The summed E-state index contributed by atoms with van der Waals surface area (Å²) in [6, 6.07) is 5.71. The number of anilines is 1. The van der Waals surface area contributed by atoms with Crippen molar-refractivity contribution < 1.29 is 19.1 Å². The molecule has 1 N–H and O–H groups in total. The fourth-order valence-corrected chi connectivity index (χ4v) is 1.62. The van der Waals surface area contributed by atoms with Crippen LogP contribution in [0.4, 0.5) is 5.82 Å². The predicted molar refractivity (Wildman–Crippen MR) is 78.2 cm³/mol. The van der Waals surface area contributed by atoms with Gasteiger partial charge in [-0.05, 0) is 19.1 Å². The van der Waals surface area contributed by atoms with E-state index in [-0.39, 0.29) is 5.56 Å². The third kappa shape index (κ3) is 4.16. The van der Waals surface area contributed by atoms with Crippen molar-refractivity contribution in [2.24, 2.45) is 0 Å². The first kappa shape index (κ1) is 15.7. The van der Waals surface area contributed by atoms with Gasteiger partial charge in [0.25, 0.3) is 5.91 Å². The topological polar surface area (TPSA) is 95.2 Å². The van der Waals surface area contributed by atoms with Gasteiger partial charge in [0.2, 0.25) is 0 Å². The molecule has 0 aliphatic rings. The van der Waals surface area contributed by atoms with Crippen LogP contribution in [0.2, 0.25) is 5.02 Å². The van der Waals surface area contributed by atoms with Crippen LogP contribution in [0.15, 0.2) is 42.9 Å². The third-order valence-electron chi connectivity index (χ3n) is 2.67. The van der Waals surface area contributed by atoms with Gasteiger partial charge in [-0.25, -0.2) is 9.78 Å². The van der Waals surface area contributed by atoms with Crippen LogP contribution >= 0.6 is 11.6 Å². The highest BCUT2D eigenvalue weighted by molar-refractivity contribution is 6.30. The van der Waals surface area contributed by atoms with E-state index in [0.717, 1.165) is 0 Å². The van der Waals surface area contributed by atoms with E-state index in [1.54, 1.807) is 6.07 Å². The minimum Gasteiger partial charge on any atom is -0.619 e.